The van der Waals surface area contributed by atoms with Gasteiger partial charge in [0.2, 0.25) is 0 Å². The lowest BCUT2D eigenvalue weighted by Gasteiger charge is -2.28. The number of hydrazine groups is 1. The average Bonchev–Trinajstić information content (AvgIpc) is 2.53. The highest BCUT2D eigenvalue weighted by Gasteiger charge is 2.33. The standard InChI is InChI=1S/C11H13N5O6/c12-13-11(17)7-5-8(15(18)19)10(9(6-7)16(20)21)14-1-3-22-4-2-14/h5-6H,1-4,12H2,(H,13,17). The van der Waals surface area contributed by atoms with E-state index in [1.807, 2.05) is 0 Å². The normalized spacial score (nSPS) is 14.5. The third-order valence-corrected chi connectivity index (χ3v) is 3.18. The molecule has 0 saturated carbocycles. The first-order valence-corrected chi connectivity index (χ1v) is 6.26. The molecule has 3 N–H and O–H groups in total. The zero-order chi connectivity index (χ0) is 16.3. The van der Waals surface area contributed by atoms with E-state index in [9.17, 15) is 25.0 Å². The topological polar surface area (TPSA) is 154 Å². The van der Waals surface area contributed by atoms with Crippen molar-refractivity contribution in [2.24, 2.45) is 5.84 Å². The van der Waals surface area contributed by atoms with Crippen molar-refractivity contribution >= 4 is 23.0 Å². The summed E-state index contributed by atoms with van der Waals surface area (Å²) in [6, 6.07) is 1.94. The van der Waals surface area contributed by atoms with E-state index in [0.29, 0.717) is 13.2 Å². The highest BCUT2D eigenvalue weighted by molar-refractivity contribution is 5.97. The molecule has 1 fully saturated rings. The van der Waals surface area contributed by atoms with E-state index < -0.39 is 27.1 Å². The third-order valence-electron chi connectivity index (χ3n) is 3.18. The van der Waals surface area contributed by atoms with E-state index in [1.54, 1.807) is 5.43 Å². The Bertz CT molecular complexity index is 592. The molecule has 1 aliphatic heterocycles. The first kappa shape index (κ1) is 15.6. The fourth-order valence-corrected chi connectivity index (χ4v) is 2.21. The molecule has 2 rings (SSSR count). The Morgan fingerprint density at radius 1 is 1.18 bits per heavy atom. The number of nitro groups is 2. The van der Waals surface area contributed by atoms with Crippen LogP contribution in [0.15, 0.2) is 12.1 Å². The number of hydrogen-bond acceptors (Lipinski definition) is 8. The molecule has 1 saturated heterocycles. The van der Waals surface area contributed by atoms with Crippen LogP contribution in [-0.2, 0) is 4.74 Å². The second kappa shape index (κ2) is 6.32. The molecule has 0 aromatic heterocycles. The minimum Gasteiger partial charge on any atom is -0.378 e. The third kappa shape index (κ3) is 2.94. The largest absolute Gasteiger partial charge is 0.378 e. The molecule has 22 heavy (non-hydrogen) atoms. The van der Waals surface area contributed by atoms with Gasteiger partial charge in [-0.1, -0.05) is 0 Å². The number of nitrogens with two attached hydrogens (primary N) is 1. The molecule has 0 radical (unpaired) electrons. The Hall–Kier alpha value is -2.79. The van der Waals surface area contributed by atoms with Gasteiger partial charge in [-0.2, -0.15) is 0 Å². The number of carbonyl (C=O) groups is 1. The molecule has 11 heteroatoms. The maximum absolute atomic E-state index is 11.5. The average molecular weight is 311 g/mol. The lowest BCUT2D eigenvalue weighted by Crippen LogP contribution is -2.37. The summed E-state index contributed by atoms with van der Waals surface area (Å²) in [6.45, 7) is 1.17. The summed E-state index contributed by atoms with van der Waals surface area (Å²) in [5, 5.41) is 22.5. The van der Waals surface area contributed by atoms with Crippen LogP contribution in [0.4, 0.5) is 17.1 Å². The van der Waals surface area contributed by atoms with Crippen LogP contribution in [0.3, 0.4) is 0 Å². The van der Waals surface area contributed by atoms with E-state index in [0.717, 1.165) is 12.1 Å². The first-order chi connectivity index (χ1) is 10.5. The van der Waals surface area contributed by atoms with Crippen molar-refractivity contribution < 1.29 is 19.4 Å². The van der Waals surface area contributed by atoms with Crippen LogP contribution in [0.25, 0.3) is 0 Å². The lowest BCUT2D eigenvalue weighted by molar-refractivity contribution is -0.392. The van der Waals surface area contributed by atoms with Crippen LogP contribution in [0.2, 0.25) is 0 Å². The quantitative estimate of drug-likeness (QED) is 0.339. The van der Waals surface area contributed by atoms with E-state index >= 15 is 0 Å². The minimum atomic E-state index is -0.847. The van der Waals surface area contributed by atoms with Gasteiger partial charge in [-0.15, -0.1) is 0 Å². The van der Waals surface area contributed by atoms with E-state index in [1.165, 1.54) is 4.90 Å². The molecule has 1 amide bonds. The summed E-state index contributed by atoms with van der Waals surface area (Å²) in [5.41, 5.74) is 0.373. The number of rotatable bonds is 4. The van der Waals surface area contributed by atoms with Gasteiger partial charge < -0.3 is 9.64 Å². The zero-order valence-electron chi connectivity index (χ0n) is 11.4. The van der Waals surface area contributed by atoms with Crippen molar-refractivity contribution in [3.63, 3.8) is 0 Å². The summed E-state index contributed by atoms with van der Waals surface area (Å²) < 4.78 is 5.14. The number of nitro benzene ring substituents is 2. The lowest BCUT2D eigenvalue weighted by atomic mass is 10.1. The van der Waals surface area contributed by atoms with Crippen molar-refractivity contribution in [2.75, 3.05) is 31.2 Å². The van der Waals surface area contributed by atoms with Gasteiger partial charge in [0.15, 0.2) is 5.69 Å². The molecule has 0 atom stereocenters. The molecule has 1 aromatic carbocycles. The summed E-state index contributed by atoms with van der Waals surface area (Å²) in [4.78, 5) is 34.1. The van der Waals surface area contributed by atoms with Crippen molar-refractivity contribution in [1.82, 2.24) is 5.43 Å². The SMILES string of the molecule is NNC(=O)c1cc([N+](=O)[O-])c(N2CCOCC2)c([N+](=O)[O-])c1. The molecular formula is C11H13N5O6. The number of ether oxygens (including phenoxy) is 1. The molecule has 0 spiro atoms. The molecule has 0 unspecified atom stereocenters. The number of carbonyl (C=O) groups excluding carboxylic acids is 1. The van der Waals surface area contributed by atoms with Crippen molar-refractivity contribution in [2.45, 2.75) is 0 Å². The molecular weight excluding hydrogens is 298 g/mol. The van der Waals surface area contributed by atoms with Crippen LogP contribution in [0.1, 0.15) is 10.4 Å². The maximum atomic E-state index is 11.5. The van der Waals surface area contributed by atoms with Crippen molar-refractivity contribution in [3.05, 3.63) is 37.9 Å². The number of hydrogen-bond donors (Lipinski definition) is 2. The number of anilines is 1. The molecule has 0 bridgehead atoms. The molecule has 1 aromatic rings. The van der Waals surface area contributed by atoms with Crippen LogP contribution in [0, 0.1) is 20.2 Å². The number of morpholine rings is 1. The van der Waals surface area contributed by atoms with Gasteiger partial charge in [0.1, 0.15) is 0 Å². The molecule has 1 heterocycles. The van der Waals surface area contributed by atoms with Gasteiger partial charge in [-0.3, -0.25) is 30.4 Å². The van der Waals surface area contributed by atoms with Crippen molar-refractivity contribution in [3.8, 4) is 0 Å². The highest BCUT2D eigenvalue weighted by Crippen LogP contribution is 2.39. The molecule has 0 aliphatic carbocycles. The van der Waals surface area contributed by atoms with E-state index in [-0.39, 0.29) is 24.3 Å². The Balaban J connectivity index is 2.64. The number of nitrogens with one attached hydrogen (secondary N) is 1. The summed E-state index contributed by atoms with van der Waals surface area (Å²) in [5.74, 6) is 4.12. The highest BCUT2D eigenvalue weighted by atomic mass is 16.6. The van der Waals surface area contributed by atoms with Gasteiger partial charge in [0.25, 0.3) is 17.3 Å². The molecule has 11 nitrogen and oxygen atoms in total. The van der Waals surface area contributed by atoms with Crippen LogP contribution in [0.5, 0.6) is 0 Å². The van der Waals surface area contributed by atoms with Crippen LogP contribution in [-0.4, -0.2) is 42.1 Å². The Kier molecular flexibility index (Phi) is 4.48. The number of benzene rings is 1. The summed E-state index contributed by atoms with van der Waals surface area (Å²) in [6.07, 6.45) is 0. The van der Waals surface area contributed by atoms with Crippen LogP contribution >= 0.6 is 0 Å². The monoisotopic (exact) mass is 311 g/mol. The Morgan fingerprint density at radius 3 is 2.09 bits per heavy atom. The fourth-order valence-electron chi connectivity index (χ4n) is 2.21. The smallest absolute Gasteiger partial charge is 0.300 e. The van der Waals surface area contributed by atoms with Crippen LogP contribution < -0.4 is 16.2 Å². The first-order valence-electron chi connectivity index (χ1n) is 6.26. The maximum Gasteiger partial charge on any atom is 0.300 e. The van der Waals surface area contributed by atoms with Gasteiger partial charge >= 0.3 is 0 Å². The summed E-state index contributed by atoms with van der Waals surface area (Å²) >= 11 is 0. The van der Waals surface area contributed by atoms with Gasteiger partial charge in [-0.25, -0.2) is 5.84 Å². The predicted molar refractivity (Wildman–Crippen MR) is 74.4 cm³/mol. The molecule has 1 aliphatic rings. The van der Waals surface area contributed by atoms with E-state index in [4.69, 9.17) is 10.6 Å². The fraction of sp³-hybridized carbons (Fsp3) is 0.364. The van der Waals surface area contributed by atoms with Gasteiger partial charge in [-0.05, 0) is 0 Å². The second-order valence-electron chi connectivity index (χ2n) is 4.45. The van der Waals surface area contributed by atoms with Crippen molar-refractivity contribution in [1.29, 1.82) is 0 Å². The van der Waals surface area contributed by atoms with Gasteiger partial charge in [0.05, 0.1) is 28.6 Å². The Morgan fingerprint density at radius 2 is 1.68 bits per heavy atom. The minimum absolute atomic E-state index is 0.133. The number of amides is 1. The number of nitrogens with zero attached hydrogens (tertiary/aromatic N) is 3. The Labute approximate surface area is 123 Å². The summed E-state index contributed by atoms with van der Waals surface area (Å²) in [7, 11) is 0. The molecule has 118 valence electrons. The van der Waals surface area contributed by atoms with Gasteiger partial charge in [0, 0.05) is 25.2 Å². The number of nitrogen functional groups attached to an aromatic ring is 1. The second-order valence-corrected chi connectivity index (χ2v) is 4.45. The van der Waals surface area contributed by atoms with E-state index in [2.05, 4.69) is 0 Å². The zero-order valence-corrected chi connectivity index (χ0v) is 11.4. The predicted octanol–water partition coefficient (Wildman–Crippen LogP) is -0.0569.